The number of rotatable bonds is 5. The molecular weight excluding hydrogens is 412 g/mol. The molecule has 0 unspecified atom stereocenters. The van der Waals surface area contributed by atoms with Gasteiger partial charge in [-0.1, -0.05) is 30.3 Å². The first-order valence-electron chi connectivity index (χ1n) is 9.82. The van der Waals surface area contributed by atoms with Crippen LogP contribution < -0.4 is 10.2 Å². The third-order valence-electron chi connectivity index (χ3n) is 4.71. The van der Waals surface area contributed by atoms with E-state index in [-0.39, 0.29) is 17.9 Å². The molecule has 1 saturated heterocycles. The fourth-order valence-corrected chi connectivity index (χ4v) is 3.18. The van der Waals surface area contributed by atoms with E-state index in [2.05, 4.69) is 5.32 Å². The van der Waals surface area contributed by atoms with Crippen LogP contribution in [0.2, 0.25) is 0 Å². The monoisotopic (exact) mass is 430 g/mol. The van der Waals surface area contributed by atoms with Crippen LogP contribution in [-0.2, 0) is 14.3 Å². The van der Waals surface area contributed by atoms with Crippen LogP contribution in [0.3, 0.4) is 0 Å². The molecule has 32 heavy (non-hydrogen) atoms. The average Bonchev–Trinajstić information content (AvgIpc) is 3.26. The van der Waals surface area contributed by atoms with Crippen molar-refractivity contribution < 1.29 is 28.3 Å². The Labute approximate surface area is 183 Å². The minimum Gasteiger partial charge on any atom is -0.462 e. The molecule has 4 rings (SSSR count). The SMILES string of the molecule is CCOC(=O)c1ccc(-c2ccc(C=C3C(=O)NC(=O)N(c4ccccc4)C3=O)o2)cc1. The molecule has 0 atom stereocenters. The number of hydrogen-bond donors (Lipinski definition) is 1. The van der Waals surface area contributed by atoms with E-state index in [4.69, 9.17) is 9.15 Å². The Hall–Kier alpha value is -4.46. The molecule has 2 heterocycles. The highest BCUT2D eigenvalue weighted by Gasteiger charge is 2.36. The number of para-hydroxylation sites is 1. The topological polar surface area (TPSA) is 106 Å². The Kier molecular flexibility index (Phi) is 5.67. The zero-order chi connectivity index (χ0) is 22.7. The lowest BCUT2D eigenvalue weighted by Crippen LogP contribution is -2.54. The Morgan fingerprint density at radius 3 is 2.41 bits per heavy atom. The van der Waals surface area contributed by atoms with Gasteiger partial charge in [0.2, 0.25) is 0 Å². The van der Waals surface area contributed by atoms with Crippen LogP contribution in [0.15, 0.2) is 76.7 Å². The molecule has 0 spiro atoms. The number of furan rings is 1. The molecule has 2 aromatic carbocycles. The Balaban J connectivity index is 1.59. The summed E-state index contributed by atoms with van der Waals surface area (Å²) in [7, 11) is 0. The van der Waals surface area contributed by atoms with E-state index in [9.17, 15) is 19.2 Å². The smallest absolute Gasteiger partial charge is 0.338 e. The lowest BCUT2D eigenvalue weighted by Gasteiger charge is -2.26. The highest BCUT2D eigenvalue weighted by Crippen LogP contribution is 2.26. The lowest BCUT2D eigenvalue weighted by atomic mass is 10.1. The molecule has 0 saturated carbocycles. The molecule has 8 nitrogen and oxygen atoms in total. The highest BCUT2D eigenvalue weighted by atomic mass is 16.5. The van der Waals surface area contributed by atoms with Crippen LogP contribution in [-0.4, -0.2) is 30.4 Å². The quantitative estimate of drug-likeness (QED) is 0.375. The maximum atomic E-state index is 12.9. The number of benzene rings is 2. The number of anilines is 1. The zero-order valence-electron chi connectivity index (χ0n) is 17.0. The molecule has 1 fully saturated rings. The fraction of sp³-hybridized carbons (Fsp3) is 0.0833. The van der Waals surface area contributed by atoms with Gasteiger partial charge in [0.25, 0.3) is 11.8 Å². The summed E-state index contributed by atoms with van der Waals surface area (Å²) in [4.78, 5) is 50.1. The molecule has 0 radical (unpaired) electrons. The van der Waals surface area contributed by atoms with Gasteiger partial charge in [0.15, 0.2) is 0 Å². The molecule has 8 heteroatoms. The second-order valence-electron chi connectivity index (χ2n) is 6.79. The number of barbiturate groups is 1. The van der Waals surface area contributed by atoms with Crippen molar-refractivity contribution >= 4 is 35.6 Å². The van der Waals surface area contributed by atoms with E-state index < -0.39 is 23.8 Å². The first-order valence-corrected chi connectivity index (χ1v) is 9.82. The van der Waals surface area contributed by atoms with Gasteiger partial charge >= 0.3 is 12.0 Å². The number of nitrogens with zero attached hydrogens (tertiary/aromatic N) is 1. The van der Waals surface area contributed by atoms with Gasteiger partial charge in [-0.2, -0.15) is 0 Å². The molecular formula is C24H18N2O6. The Bertz CT molecular complexity index is 1220. The number of carbonyl (C=O) groups is 4. The molecule has 1 aliphatic rings. The summed E-state index contributed by atoms with van der Waals surface area (Å²) in [6, 6.07) is 17.4. The number of urea groups is 1. The van der Waals surface area contributed by atoms with E-state index in [1.807, 2.05) is 0 Å². The Morgan fingerprint density at radius 1 is 1.00 bits per heavy atom. The van der Waals surface area contributed by atoms with Gasteiger partial charge in [-0.3, -0.25) is 14.9 Å². The number of hydrogen-bond acceptors (Lipinski definition) is 6. The maximum absolute atomic E-state index is 12.9. The van der Waals surface area contributed by atoms with Crippen LogP contribution in [0, 0.1) is 0 Å². The average molecular weight is 430 g/mol. The number of amides is 4. The second-order valence-corrected chi connectivity index (χ2v) is 6.79. The van der Waals surface area contributed by atoms with Gasteiger partial charge in [-0.25, -0.2) is 14.5 Å². The standard InChI is InChI=1S/C24H18N2O6/c1-2-31-23(29)16-10-8-15(9-11-16)20-13-12-18(32-20)14-19-21(27)25-24(30)26(22(19)28)17-6-4-3-5-7-17/h3-14H,2H2,1H3,(H,25,27,30). The van der Waals surface area contributed by atoms with Gasteiger partial charge in [-0.05, 0) is 49.4 Å². The summed E-state index contributed by atoms with van der Waals surface area (Å²) < 4.78 is 10.7. The van der Waals surface area contributed by atoms with Gasteiger partial charge in [0.1, 0.15) is 17.1 Å². The normalized spacial score (nSPS) is 15.1. The van der Waals surface area contributed by atoms with Crippen molar-refractivity contribution in [1.82, 2.24) is 5.32 Å². The summed E-state index contributed by atoms with van der Waals surface area (Å²) in [5, 5.41) is 2.17. The third-order valence-corrected chi connectivity index (χ3v) is 4.71. The van der Waals surface area contributed by atoms with Crippen LogP contribution in [0.5, 0.6) is 0 Å². The van der Waals surface area contributed by atoms with Crippen LogP contribution in [0.25, 0.3) is 17.4 Å². The number of nitrogens with one attached hydrogen (secondary N) is 1. The maximum Gasteiger partial charge on any atom is 0.338 e. The fourth-order valence-electron chi connectivity index (χ4n) is 3.18. The van der Waals surface area contributed by atoms with Crippen LogP contribution >= 0.6 is 0 Å². The molecule has 0 bridgehead atoms. The minimum atomic E-state index is -0.815. The molecule has 160 valence electrons. The zero-order valence-corrected chi connectivity index (χ0v) is 17.0. The summed E-state index contributed by atoms with van der Waals surface area (Å²) in [5.74, 6) is -1.23. The van der Waals surface area contributed by atoms with Gasteiger partial charge in [0, 0.05) is 5.56 Å². The minimum absolute atomic E-state index is 0.230. The van der Waals surface area contributed by atoms with Gasteiger partial charge < -0.3 is 9.15 Å². The summed E-state index contributed by atoms with van der Waals surface area (Å²) in [6.45, 7) is 2.02. The van der Waals surface area contributed by atoms with E-state index in [1.165, 1.54) is 6.08 Å². The number of esters is 1. The predicted octanol–water partition coefficient (Wildman–Crippen LogP) is 3.79. The van der Waals surface area contributed by atoms with Crippen LogP contribution in [0.4, 0.5) is 10.5 Å². The second kappa shape index (κ2) is 8.73. The van der Waals surface area contributed by atoms with E-state index in [1.54, 1.807) is 73.7 Å². The van der Waals surface area contributed by atoms with Gasteiger partial charge in [0.05, 0.1) is 17.9 Å². The van der Waals surface area contributed by atoms with Crippen LogP contribution in [0.1, 0.15) is 23.0 Å². The van der Waals surface area contributed by atoms with Crippen molar-refractivity contribution in [2.45, 2.75) is 6.92 Å². The van der Waals surface area contributed by atoms with Crippen molar-refractivity contribution in [1.29, 1.82) is 0 Å². The van der Waals surface area contributed by atoms with Crippen molar-refractivity contribution in [3.63, 3.8) is 0 Å². The summed E-state index contributed by atoms with van der Waals surface area (Å²) in [5.41, 5.74) is 1.23. The van der Waals surface area contributed by atoms with E-state index in [0.29, 0.717) is 22.6 Å². The highest BCUT2D eigenvalue weighted by molar-refractivity contribution is 6.39. The summed E-state index contributed by atoms with van der Waals surface area (Å²) >= 11 is 0. The molecule has 3 aromatic rings. The van der Waals surface area contributed by atoms with E-state index in [0.717, 1.165) is 4.90 Å². The largest absolute Gasteiger partial charge is 0.462 e. The van der Waals surface area contributed by atoms with Crippen molar-refractivity contribution in [2.75, 3.05) is 11.5 Å². The van der Waals surface area contributed by atoms with E-state index >= 15 is 0 Å². The number of carbonyl (C=O) groups excluding carboxylic acids is 4. The third kappa shape index (κ3) is 4.06. The lowest BCUT2D eigenvalue weighted by molar-refractivity contribution is -0.122. The molecule has 0 aliphatic carbocycles. The molecule has 1 aliphatic heterocycles. The van der Waals surface area contributed by atoms with Crippen molar-refractivity contribution in [3.05, 3.63) is 83.6 Å². The molecule has 4 amide bonds. The predicted molar refractivity (Wildman–Crippen MR) is 116 cm³/mol. The molecule has 1 N–H and O–H groups in total. The first-order chi connectivity index (χ1) is 15.5. The Morgan fingerprint density at radius 2 is 1.72 bits per heavy atom. The van der Waals surface area contributed by atoms with Crippen molar-refractivity contribution in [2.24, 2.45) is 0 Å². The van der Waals surface area contributed by atoms with Crippen molar-refractivity contribution in [3.8, 4) is 11.3 Å². The number of ether oxygens (including phenoxy) is 1. The number of imide groups is 2. The first kappa shape index (κ1) is 20.8. The molecule has 1 aromatic heterocycles. The van der Waals surface area contributed by atoms with Gasteiger partial charge in [-0.15, -0.1) is 0 Å². The summed E-state index contributed by atoms with van der Waals surface area (Å²) in [6.07, 6.45) is 1.29.